The molecule has 1 aromatic carbocycles. The third-order valence-corrected chi connectivity index (χ3v) is 12.2. The van der Waals surface area contributed by atoms with Crippen molar-refractivity contribution in [2.24, 2.45) is 0 Å². The molecule has 14 heteroatoms. The van der Waals surface area contributed by atoms with E-state index in [4.69, 9.17) is 15.2 Å². The van der Waals surface area contributed by atoms with Crippen molar-refractivity contribution in [1.29, 1.82) is 0 Å². The van der Waals surface area contributed by atoms with E-state index >= 15 is 4.39 Å². The second-order valence-corrected chi connectivity index (χ2v) is 15.8. The van der Waals surface area contributed by atoms with Gasteiger partial charge in [-0.05, 0) is 59.4 Å². The fourth-order valence-electron chi connectivity index (χ4n) is 4.74. The van der Waals surface area contributed by atoms with Crippen molar-refractivity contribution in [2.45, 2.75) is 116 Å². The maximum absolute atomic E-state index is 15.8. The van der Waals surface area contributed by atoms with Gasteiger partial charge in [0.05, 0.1) is 12.7 Å². The largest absolute Gasteiger partial charge is 0.352 e. The summed E-state index contributed by atoms with van der Waals surface area (Å²) >= 11 is 0. The number of halogens is 1. The lowest BCUT2D eigenvalue weighted by atomic mass is 10.2. The van der Waals surface area contributed by atoms with Crippen molar-refractivity contribution in [3.05, 3.63) is 69.0 Å². The lowest BCUT2D eigenvalue weighted by molar-refractivity contribution is -0.121. The molecule has 3 unspecified atom stereocenters. The highest BCUT2D eigenvalue weighted by molar-refractivity contribution is 8.76. The number of nitrogens with one attached hydrogen (secondary N) is 2. The first-order valence-electron chi connectivity index (χ1n) is 16.1. The number of aromatic amines is 1. The molecule has 2 heterocycles. The highest BCUT2D eigenvalue weighted by atomic mass is 33.1. The Morgan fingerprint density at radius 2 is 1.91 bits per heavy atom. The Balaban J connectivity index is 1.44. The zero-order valence-corrected chi connectivity index (χ0v) is 29.3. The Hall–Kier alpha value is -1.73. The summed E-state index contributed by atoms with van der Waals surface area (Å²) in [6.07, 6.45) is -0.923. The summed E-state index contributed by atoms with van der Waals surface area (Å²) < 4.78 is 45.1. The van der Waals surface area contributed by atoms with E-state index in [-0.39, 0.29) is 24.9 Å². The number of aromatic nitrogens is 2. The van der Waals surface area contributed by atoms with E-state index in [9.17, 15) is 14.4 Å². The molecule has 1 fully saturated rings. The van der Waals surface area contributed by atoms with E-state index in [0.29, 0.717) is 24.8 Å². The molecule has 45 heavy (non-hydrogen) atoms. The maximum atomic E-state index is 15.8. The Bertz CT molecular complexity index is 1300. The Morgan fingerprint density at radius 3 is 2.58 bits per heavy atom. The monoisotopic (exact) mass is 687 g/mol. The average molecular weight is 688 g/mol. The quantitative estimate of drug-likeness (QED) is 0.101. The van der Waals surface area contributed by atoms with Gasteiger partial charge in [-0.15, -0.1) is 0 Å². The van der Waals surface area contributed by atoms with Crippen molar-refractivity contribution in [1.82, 2.24) is 19.5 Å². The number of alkyl halides is 1. The van der Waals surface area contributed by atoms with Crippen molar-refractivity contribution in [2.75, 3.05) is 12.4 Å². The molecular weight excluding hydrogens is 638 g/mol. The molecule has 0 spiro atoms. The zero-order chi connectivity index (χ0) is 33.6. The molecule has 1 aliphatic rings. The van der Waals surface area contributed by atoms with Gasteiger partial charge in [0.15, 0.2) is 12.4 Å². The van der Waals surface area contributed by atoms with Gasteiger partial charge in [0.2, 0.25) is 5.91 Å². The molecule has 252 valence electrons. The summed E-state index contributed by atoms with van der Waals surface area (Å²) in [7, 11) is 1.87. The Morgan fingerprint density at radius 1 is 1.18 bits per heavy atom. The molecule has 2 aromatic rings. The topological polar surface area (TPSA) is 115 Å². The minimum absolute atomic E-state index is 0.0485. The highest BCUT2D eigenvalue weighted by Crippen LogP contribution is 2.50. The molecule has 6 atom stereocenters. The van der Waals surface area contributed by atoms with Crippen LogP contribution in [0.15, 0.2) is 52.2 Å². The van der Waals surface area contributed by atoms with Gasteiger partial charge in [0, 0.05) is 49.7 Å². The van der Waals surface area contributed by atoms with Gasteiger partial charge in [-0.3, -0.25) is 19.1 Å². The minimum atomic E-state index is -1.75. The van der Waals surface area contributed by atoms with Crippen LogP contribution in [0.3, 0.4) is 0 Å². The molecule has 3 rings (SSSR count). The van der Waals surface area contributed by atoms with E-state index < -0.39 is 44.4 Å². The highest BCUT2D eigenvalue weighted by Gasteiger charge is 2.47. The van der Waals surface area contributed by atoms with Gasteiger partial charge in [-0.2, -0.15) is 0 Å². The van der Waals surface area contributed by atoms with Crippen LogP contribution >= 0.6 is 30.1 Å². The summed E-state index contributed by atoms with van der Waals surface area (Å²) in [5.41, 5.74) is -0.293. The fraction of sp³-hybridized carbons (Fsp3) is 0.645. The Labute approximate surface area is 276 Å². The molecule has 0 saturated carbocycles. The van der Waals surface area contributed by atoms with Gasteiger partial charge < -0.3 is 19.1 Å². The summed E-state index contributed by atoms with van der Waals surface area (Å²) in [6, 6.07) is 11.1. The number of H-pyrrole nitrogens is 1. The predicted octanol–water partition coefficient (Wildman–Crippen LogP) is 6.19. The van der Waals surface area contributed by atoms with Crippen molar-refractivity contribution < 1.29 is 24.3 Å². The molecule has 0 bridgehead atoms. The second kappa shape index (κ2) is 19.2. The maximum Gasteiger partial charge on any atom is 0.330 e. The van der Waals surface area contributed by atoms with E-state index in [2.05, 4.69) is 21.9 Å². The molecule has 10 nitrogen and oxygen atoms in total. The lowest BCUT2D eigenvalue weighted by Crippen LogP contribution is -2.38. The third kappa shape index (κ3) is 12.1. The smallest absolute Gasteiger partial charge is 0.330 e. The van der Waals surface area contributed by atoms with E-state index in [1.54, 1.807) is 21.6 Å². The van der Waals surface area contributed by atoms with E-state index in [0.717, 1.165) is 41.2 Å². The van der Waals surface area contributed by atoms with Crippen LogP contribution in [0, 0.1) is 0 Å². The first-order valence-corrected chi connectivity index (χ1v) is 18.9. The normalized spacial score (nSPS) is 21.8. The van der Waals surface area contributed by atoms with Crippen LogP contribution < -0.4 is 16.6 Å². The molecule has 0 aliphatic carbocycles. The number of rotatable bonds is 19. The van der Waals surface area contributed by atoms with Crippen LogP contribution in [0.4, 0.5) is 4.39 Å². The number of amides is 1. The number of ether oxygens (including phenoxy) is 1. The summed E-state index contributed by atoms with van der Waals surface area (Å²) in [5.74, 6) is 0.988. The number of carbonyl (C=O) groups excluding carboxylic acids is 1. The summed E-state index contributed by atoms with van der Waals surface area (Å²) in [6.45, 7) is 10.9. The summed E-state index contributed by atoms with van der Waals surface area (Å²) in [4.78, 5) is 38.1. The zero-order valence-electron chi connectivity index (χ0n) is 27.7. The minimum Gasteiger partial charge on any atom is -0.352 e. The lowest BCUT2D eigenvalue weighted by Gasteiger charge is -2.37. The first-order chi connectivity index (χ1) is 22.0. The number of nitrogens with zero attached hydrogens (tertiary/aromatic N) is 2. The average Bonchev–Trinajstić information content (AvgIpc) is 3.32. The molecular formula is C31H48FN4O6PS2. The molecule has 1 amide bonds. The third-order valence-electron chi connectivity index (χ3n) is 7.02. The second-order valence-electron chi connectivity index (χ2n) is 11.5. The van der Waals surface area contributed by atoms with Crippen LogP contribution in [0.25, 0.3) is 0 Å². The molecule has 1 aromatic heterocycles. The molecule has 0 radical (unpaired) electrons. The van der Waals surface area contributed by atoms with Crippen LogP contribution in [-0.2, 0) is 25.1 Å². The van der Waals surface area contributed by atoms with Gasteiger partial charge in [-0.25, -0.2) is 13.9 Å². The van der Waals surface area contributed by atoms with Gasteiger partial charge in [0.1, 0.15) is 6.10 Å². The number of benzene rings is 1. The van der Waals surface area contributed by atoms with Crippen molar-refractivity contribution >= 4 is 36.0 Å². The Kier molecular flexibility index (Phi) is 15.4. The van der Waals surface area contributed by atoms with Crippen LogP contribution in [-0.4, -0.2) is 68.2 Å². The SMILES string of the molecule is [2H]C[C@H]1O[C@@H](n2ccc(=O)[nH]c2=O)[C@@H](F)C1OP(OCCCCSSC(C)CCC(=O)NCc1ccccc1)N(C(C)C)C(C)C. The van der Waals surface area contributed by atoms with Gasteiger partial charge >= 0.3 is 5.69 Å². The molecule has 1 aliphatic heterocycles. The first kappa shape index (κ1) is 36.1. The van der Waals surface area contributed by atoms with Crippen molar-refractivity contribution in [3.8, 4) is 0 Å². The molecule has 1 saturated heterocycles. The van der Waals surface area contributed by atoms with Crippen LogP contribution in [0.5, 0.6) is 0 Å². The number of hydrogen-bond acceptors (Lipinski definition) is 9. The van der Waals surface area contributed by atoms with E-state index in [1.165, 1.54) is 6.20 Å². The summed E-state index contributed by atoms with van der Waals surface area (Å²) in [5, 5.41) is 3.32. The van der Waals surface area contributed by atoms with Crippen LogP contribution in [0.1, 0.15) is 80.4 Å². The predicted molar refractivity (Wildman–Crippen MR) is 182 cm³/mol. The number of unbranched alkanes of at least 4 members (excludes halogenated alkanes) is 1. The number of carbonyl (C=O) groups is 1. The molecule has 2 N–H and O–H groups in total. The fourth-order valence-corrected chi connectivity index (χ4v) is 9.03. The van der Waals surface area contributed by atoms with Gasteiger partial charge in [-0.1, -0.05) is 58.8 Å². The standard InChI is InChI=1S/C31H48FN4O6PS2/c1-21(2)36(22(3)4)43(42-29-24(6)41-30(28(29)32)35-17-16-27(38)34-31(35)39)40-18-10-11-19-44-45-23(5)14-15-26(37)33-20-25-12-8-7-9-13-25/h7-9,12-13,16-17,21-24,28-30H,10-11,14-15,18-20H2,1-6H3,(H,33,37)(H,34,38,39)/t23?,24-,28+,29?,30-,43?/m1/s1/i6D. The number of hydrogen-bond donors (Lipinski definition) is 2. The van der Waals surface area contributed by atoms with Crippen molar-refractivity contribution in [3.63, 3.8) is 0 Å². The van der Waals surface area contributed by atoms with Crippen LogP contribution in [0.2, 0.25) is 0 Å². The van der Waals surface area contributed by atoms with E-state index in [1.807, 2.05) is 58.0 Å². The van der Waals surface area contributed by atoms with Gasteiger partial charge in [0.25, 0.3) is 14.1 Å².